The van der Waals surface area contributed by atoms with E-state index in [1.807, 2.05) is 27.9 Å². The number of amides is 1. The van der Waals surface area contributed by atoms with Gasteiger partial charge in [0.15, 0.2) is 5.69 Å². The van der Waals surface area contributed by atoms with Crippen molar-refractivity contribution < 1.29 is 9.32 Å². The van der Waals surface area contributed by atoms with Gasteiger partial charge in [-0.05, 0) is 34.0 Å². The highest BCUT2D eigenvalue weighted by molar-refractivity contribution is 5.93. The van der Waals surface area contributed by atoms with Gasteiger partial charge in [-0.15, -0.1) is 0 Å². The number of nitrogens with one attached hydrogen (secondary N) is 1. The first kappa shape index (κ1) is 13.7. The van der Waals surface area contributed by atoms with Gasteiger partial charge in [-0.25, -0.2) is 0 Å². The molecule has 1 N–H and O–H groups in total. The third-order valence-corrected chi connectivity index (χ3v) is 2.62. The zero-order valence-electron chi connectivity index (χ0n) is 11.0. The molecule has 0 aliphatic heterocycles. The van der Waals surface area contributed by atoms with Crippen LogP contribution in [0.1, 0.15) is 35.2 Å². The topological polar surface area (TPSA) is 58.4 Å². The Labute approximate surface area is 102 Å². The van der Waals surface area contributed by atoms with Crippen LogP contribution in [0.15, 0.2) is 4.52 Å². The normalized spacial score (nSPS) is 10.9. The number of hydrogen-bond acceptors (Lipinski definition) is 4. The Bertz CT molecular complexity index is 372. The summed E-state index contributed by atoms with van der Waals surface area (Å²) in [5.41, 5.74) is 1.25. The number of aromatic nitrogens is 1. The molecule has 1 aromatic rings. The van der Waals surface area contributed by atoms with Crippen molar-refractivity contribution in [3.8, 4) is 0 Å². The smallest absolute Gasteiger partial charge is 0.273 e. The first-order chi connectivity index (χ1) is 8.06. The van der Waals surface area contributed by atoms with E-state index in [4.69, 9.17) is 4.52 Å². The molecular formula is C12H21N3O2. The second kappa shape index (κ2) is 6.39. The lowest BCUT2D eigenvalue weighted by Crippen LogP contribution is -2.27. The van der Waals surface area contributed by atoms with Gasteiger partial charge in [0.1, 0.15) is 5.76 Å². The van der Waals surface area contributed by atoms with E-state index in [-0.39, 0.29) is 5.91 Å². The monoisotopic (exact) mass is 239 g/mol. The zero-order chi connectivity index (χ0) is 12.8. The van der Waals surface area contributed by atoms with Gasteiger partial charge in [0.05, 0.1) is 0 Å². The molecule has 0 aliphatic carbocycles. The molecule has 0 saturated carbocycles. The van der Waals surface area contributed by atoms with Crippen LogP contribution in [0.25, 0.3) is 0 Å². The first-order valence-corrected chi connectivity index (χ1v) is 5.94. The summed E-state index contributed by atoms with van der Waals surface area (Å²) in [5, 5.41) is 6.65. The van der Waals surface area contributed by atoms with E-state index < -0.39 is 0 Å². The van der Waals surface area contributed by atoms with Gasteiger partial charge in [-0.2, -0.15) is 0 Å². The molecule has 0 radical (unpaired) electrons. The van der Waals surface area contributed by atoms with E-state index in [1.165, 1.54) is 0 Å². The quantitative estimate of drug-likeness (QED) is 0.758. The minimum absolute atomic E-state index is 0.148. The second-order valence-electron chi connectivity index (χ2n) is 4.35. The molecule has 5 heteroatoms. The Morgan fingerprint density at radius 3 is 2.71 bits per heavy atom. The van der Waals surface area contributed by atoms with Crippen LogP contribution in [0.4, 0.5) is 0 Å². The van der Waals surface area contributed by atoms with Crippen LogP contribution in [-0.2, 0) is 6.42 Å². The maximum Gasteiger partial charge on any atom is 0.273 e. The van der Waals surface area contributed by atoms with Crippen LogP contribution in [0, 0.1) is 6.92 Å². The fraction of sp³-hybridized carbons (Fsp3) is 0.667. The first-order valence-electron chi connectivity index (χ1n) is 5.94. The van der Waals surface area contributed by atoms with Gasteiger partial charge >= 0.3 is 0 Å². The molecule has 0 atom stereocenters. The molecule has 1 aromatic heterocycles. The zero-order valence-corrected chi connectivity index (χ0v) is 11.0. The molecular weight excluding hydrogens is 218 g/mol. The maximum atomic E-state index is 11.8. The van der Waals surface area contributed by atoms with Gasteiger partial charge in [0, 0.05) is 18.5 Å². The Balaban J connectivity index is 2.44. The van der Waals surface area contributed by atoms with Crippen LogP contribution < -0.4 is 5.32 Å². The fourth-order valence-electron chi connectivity index (χ4n) is 1.59. The minimum Gasteiger partial charge on any atom is -0.360 e. The number of nitrogens with zero attached hydrogens (tertiary/aromatic N) is 2. The van der Waals surface area contributed by atoms with E-state index in [9.17, 15) is 4.79 Å². The van der Waals surface area contributed by atoms with Crippen molar-refractivity contribution in [1.82, 2.24) is 15.4 Å². The van der Waals surface area contributed by atoms with Crippen molar-refractivity contribution in [2.75, 3.05) is 27.2 Å². The van der Waals surface area contributed by atoms with Gasteiger partial charge in [0.25, 0.3) is 5.91 Å². The standard InChI is InChI=1S/C12H21N3O2/c1-5-10-9(2)11(14-17-10)12(16)13-7-6-8-15(3)4/h5-8H2,1-4H3,(H,13,16). The van der Waals surface area contributed by atoms with E-state index in [0.717, 1.165) is 30.7 Å². The number of carbonyl (C=O) groups excluding carboxylic acids is 1. The van der Waals surface area contributed by atoms with Gasteiger partial charge in [-0.3, -0.25) is 4.79 Å². The molecule has 17 heavy (non-hydrogen) atoms. The molecule has 1 rings (SSSR count). The number of rotatable bonds is 6. The van der Waals surface area contributed by atoms with Crippen molar-refractivity contribution in [3.05, 3.63) is 17.0 Å². The molecule has 0 aromatic carbocycles. The summed E-state index contributed by atoms with van der Waals surface area (Å²) in [4.78, 5) is 13.9. The average Bonchev–Trinajstić information content (AvgIpc) is 2.65. The van der Waals surface area contributed by atoms with Crippen molar-refractivity contribution in [2.24, 2.45) is 0 Å². The van der Waals surface area contributed by atoms with Gasteiger partial charge in [-0.1, -0.05) is 12.1 Å². The largest absolute Gasteiger partial charge is 0.360 e. The summed E-state index contributed by atoms with van der Waals surface area (Å²) in [6.45, 7) is 5.46. The number of hydrogen-bond donors (Lipinski definition) is 1. The van der Waals surface area contributed by atoms with Gasteiger partial charge < -0.3 is 14.7 Å². The van der Waals surface area contributed by atoms with Gasteiger partial charge in [0.2, 0.25) is 0 Å². The second-order valence-corrected chi connectivity index (χ2v) is 4.35. The molecule has 1 amide bonds. The third-order valence-electron chi connectivity index (χ3n) is 2.62. The van der Waals surface area contributed by atoms with Crippen LogP contribution in [0.3, 0.4) is 0 Å². The van der Waals surface area contributed by atoms with Crippen LogP contribution in [-0.4, -0.2) is 43.1 Å². The summed E-state index contributed by atoms with van der Waals surface area (Å²) in [7, 11) is 4.02. The minimum atomic E-state index is -0.148. The Morgan fingerprint density at radius 1 is 1.47 bits per heavy atom. The summed E-state index contributed by atoms with van der Waals surface area (Å²) >= 11 is 0. The highest BCUT2D eigenvalue weighted by Gasteiger charge is 2.16. The van der Waals surface area contributed by atoms with E-state index >= 15 is 0 Å². The van der Waals surface area contributed by atoms with Crippen molar-refractivity contribution in [3.63, 3.8) is 0 Å². The Kier molecular flexibility index (Phi) is 5.15. The SMILES string of the molecule is CCc1onc(C(=O)NCCCN(C)C)c1C. The molecule has 0 spiro atoms. The lowest BCUT2D eigenvalue weighted by Gasteiger charge is -2.09. The van der Waals surface area contributed by atoms with Crippen molar-refractivity contribution >= 4 is 5.91 Å². The van der Waals surface area contributed by atoms with Crippen LogP contribution in [0.2, 0.25) is 0 Å². The van der Waals surface area contributed by atoms with E-state index in [0.29, 0.717) is 12.2 Å². The third kappa shape index (κ3) is 3.85. The number of aryl methyl sites for hydroxylation is 1. The van der Waals surface area contributed by atoms with Crippen LogP contribution in [0.5, 0.6) is 0 Å². The predicted molar refractivity (Wildman–Crippen MR) is 66.1 cm³/mol. The summed E-state index contributed by atoms with van der Waals surface area (Å²) in [6, 6.07) is 0. The fourth-order valence-corrected chi connectivity index (χ4v) is 1.59. The van der Waals surface area contributed by atoms with Crippen LogP contribution >= 0.6 is 0 Å². The molecule has 5 nitrogen and oxygen atoms in total. The molecule has 1 heterocycles. The predicted octanol–water partition coefficient (Wildman–Crippen LogP) is 1.23. The molecule has 0 unspecified atom stereocenters. The Morgan fingerprint density at radius 2 is 2.18 bits per heavy atom. The summed E-state index contributed by atoms with van der Waals surface area (Å²) < 4.78 is 5.09. The lowest BCUT2D eigenvalue weighted by atomic mass is 10.2. The summed E-state index contributed by atoms with van der Waals surface area (Å²) in [5.74, 6) is 0.633. The van der Waals surface area contributed by atoms with E-state index in [1.54, 1.807) is 0 Å². The number of carbonyl (C=O) groups is 1. The Hall–Kier alpha value is -1.36. The summed E-state index contributed by atoms with van der Waals surface area (Å²) in [6.07, 6.45) is 1.68. The van der Waals surface area contributed by atoms with E-state index in [2.05, 4.69) is 15.4 Å². The maximum absolute atomic E-state index is 11.8. The van der Waals surface area contributed by atoms with Crippen molar-refractivity contribution in [1.29, 1.82) is 0 Å². The average molecular weight is 239 g/mol. The van der Waals surface area contributed by atoms with Crippen molar-refractivity contribution in [2.45, 2.75) is 26.7 Å². The molecule has 96 valence electrons. The highest BCUT2D eigenvalue weighted by Crippen LogP contribution is 2.12. The molecule has 0 saturated heterocycles. The highest BCUT2D eigenvalue weighted by atomic mass is 16.5. The molecule has 0 fully saturated rings. The molecule has 0 aliphatic rings. The molecule has 0 bridgehead atoms. The lowest BCUT2D eigenvalue weighted by molar-refractivity contribution is 0.0942.